The van der Waals surface area contributed by atoms with E-state index in [0.717, 1.165) is 43.6 Å². The van der Waals surface area contributed by atoms with Gasteiger partial charge in [0.1, 0.15) is 5.82 Å². The van der Waals surface area contributed by atoms with Crippen molar-refractivity contribution >= 4 is 5.82 Å². The zero-order valence-corrected chi connectivity index (χ0v) is 10.9. The lowest BCUT2D eigenvalue weighted by molar-refractivity contribution is 0.198. The van der Waals surface area contributed by atoms with Crippen molar-refractivity contribution in [2.24, 2.45) is 0 Å². The fourth-order valence-electron chi connectivity index (χ4n) is 2.74. The molecular weight excluding hydrogens is 226 g/mol. The highest BCUT2D eigenvalue weighted by molar-refractivity contribution is 5.48. The molecule has 1 aromatic rings. The Bertz CT molecular complexity index is 409. The molecule has 0 spiro atoms. The zero-order chi connectivity index (χ0) is 12.5. The molecule has 2 fully saturated rings. The van der Waals surface area contributed by atoms with Gasteiger partial charge in [0.05, 0.1) is 6.10 Å². The van der Waals surface area contributed by atoms with Gasteiger partial charge in [0.15, 0.2) is 0 Å². The minimum absolute atomic E-state index is 0.449. The van der Waals surface area contributed by atoms with Gasteiger partial charge in [0, 0.05) is 44.0 Å². The Morgan fingerprint density at radius 2 is 2.00 bits per heavy atom. The van der Waals surface area contributed by atoms with Crippen LogP contribution in [0.5, 0.6) is 0 Å². The van der Waals surface area contributed by atoms with Gasteiger partial charge < -0.3 is 10.0 Å². The minimum Gasteiger partial charge on any atom is -0.389 e. The Labute approximate surface area is 108 Å². The summed E-state index contributed by atoms with van der Waals surface area (Å²) >= 11 is 0. The molecule has 18 heavy (non-hydrogen) atoms. The smallest absolute Gasteiger partial charge is 0.134 e. The maximum absolute atomic E-state index is 9.81. The lowest BCUT2D eigenvalue weighted by Crippen LogP contribution is -2.47. The molecule has 1 atom stereocenters. The lowest BCUT2D eigenvalue weighted by Gasteiger charge is -2.36. The molecule has 0 bridgehead atoms. The van der Waals surface area contributed by atoms with E-state index >= 15 is 0 Å². The Hall–Kier alpha value is -1.13. The van der Waals surface area contributed by atoms with Gasteiger partial charge in [-0.25, -0.2) is 4.98 Å². The van der Waals surface area contributed by atoms with E-state index < -0.39 is 6.10 Å². The monoisotopic (exact) mass is 247 g/mol. The second-order valence-corrected chi connectivity index (χ2v) is 5.35. The van der Waals surface area contributed by atoms with Crippen molar-refractivity contribution in [3.63, 3.8) is 0 Å². The fraction of sp³-hybridized carbons (Fsp3) is 0.643. The number of nitrogens with zero attached hydrogens (tertiary/aromatic N) is 3. The zero-order valence-electron chi connectivity index (χ0n) is 10.9. The second kappa shape index (κ2) is 4.86. The standard InChI is InChI=1S/C14H21N3O/c1-11(18)13-3-2-6-15-14(13)17-9-7-16(8-10-17)12-4-5-12/h2-3,6,11-12,18H,4-5,7-10H2,1H3/t11-/m0/s1. The van der Waals surface area contributed by atoms with E-state index in [2.05, 4.69) is 14.8 Å². The number of pyridine rings is 1. The van der Waals surface area contributed by atoms with E-state index in [1.807, 2.05) is 18.3 Å². The van der Waals surface area contributed by atoms with E-state index in [1.54, 1.807) is 6.92 Å². The second-order valence-electron chi connectivity index (χ2n) is 5.35. The summed E-state index contributed by atoms with van der Waals surface area (Å²) in [4.78, 5) is 9.35. The van der Waals surface area contributed by atoms with E-state index in [-0.39, 0.29) is 0 Å². The number of hydrogen-bond donors (Lipinski definition) is 1. The highest BCUT2D eigenvalue weighted by Gasteiger charge is 2.31. The van der Waals surface area contributed by atoms with Crippen LogP contribution in [-0.4, -0.2) is 47.2 Å². The Kier molecular flexibility index (Phi) is 3.22. The highest BCUT2D eigenvalue weighted by atomic mass is 16.3. The van der Waals surface area contributed by atoms with Crippen LogP contribution in [0.1, 0.15) is 31.4 Å². The molecule has 2 aliphatic rings. The van der Waals surface area contributed by atoms with Crippen LogP contribution in [-0.2, 0) is 0 Å². The van der Waals surface area contributed by atoms with Crippen LogP contribution in [0.15, 0.2) is 18.3 Å². The van der Waals surface area contributed by atoms with Crippen LogP contribution in [0, 0.1) is 0 Å². The molecule has 1 saturated heterocycles. The van der Waals surface area contributed by atoms with Crippen molar-refractivity contribution in [2.45, 2.75) is 31.9 Å². The molecule has 1 N–H and O–H groups in total. The SMILES string of the molecule is C[C@H](O)c1cccnc1N1CCN(C2CC2)CC1. The van der Waals surface area contributed by atoms with Crippen LogP contribution in [0.3, 0.4) is 0 Å². The third-order valence-corrected chi connectivity index (χ3v) is 3.94. The first-order valence-corrected chi connectivity index (χ1v) is 6.87. The van der Waals surface area contributed by atoms with Gasteiger partial charge in [0.25, 0.3) is 0 Å². The molecule has 1 aliphatic heterocycles. The van der Waals surface area contributed by atoms with Crippen molar-refractivity contribution in [3.8, 4) is 0 Å². The first-order chi connectivity index (χ1) is 8.75. The first-order valence-electron chi connectivity index (χ1n) is 6.87. The Balaban J connectivity index is 1.71. The minimum atomic E-state index is -0.449. The molecule has 1 saturated carbocycles. The van der Waals surface area contributed by atoms with E-state index in [9.17, 15) is 5.11 Å². The average Bonchev–Trinajstić information content (AvgIpc) is 3.23. The fourth-order valence-corrected chi connectivity index (χ4v) is 2.74. The third-order valence-electron chi connectivity index (χ3n) is 3.94. The summed E-state index contributed by atoms with van der Waals surface area (Å²) in [5, 5.41) is 9.81. The van der Waals surface area contributed by atoms with Crippen LogP contribution in [0.25, 0.3) is 0 Å². The molecule has 1 aliphatic carbocycles. The molecule has 0 amide bonds. The Morgan fingerprint density at radius 1 is 1.28 bits per heavy atom. The number of aliphatic hydroxyl groups is 1. The summed E-state index contributed by atoms with van der Waals surface area (Å²) in [5.41, 5.74) is 0.942. The van der Waals surface area contributed by atoms with Crippen LogP contribution in [0.2, 0.25) is 0 Å². The van der Waals surface area contributed by atoms with Crippen molar-refractivity contribution in [1.82, 2.24) is 9.88 Å². The summed E-state index contributed by atoms with van der Waals surface area (Å²) in [6, 6.07) is 4.72. The molecule has 0 unspecified atom stereocenters. The number of aromatic nitrogens is 1. The quantitative estimate of drug-likeness (QED) is 0.877. The summed E-state index contributed by atoms with van der Waals surface area (Å²) in [5.74, 6) is 0.961. The molecule has 4 heteroatoms. The van der Waals surface area contributed by atoms with Crippen molar-refractivity contribution in [1.29, 1.82) is 0 Å². The van der Waals surface area contributed by atoms with Crippen LogP contribution >= 0.6 is 0 Å². The topological polar surface area (TPSA) is 39.6 Å². The van der Waals surface area contributed by atoms with Gasteiger partial charge in [-0.2, -0.15) is 0 Å². The normalized spacial score (nSPS) is 23.1. The summed E-state index contributed by atoms with van der Waals surface area (Å²) < 4.78 is 0. The van der Waals surface area contributed by atoms with E-state index in [4.69, 9.17) is 0 Å². The molecule has 3 rings (SSSR count). The van der Waals surface area contributed by atoms with E-state index in [0.29, 0.717) is 0 Å². The molecule has 98 valence electrons. The largest absolute Gasteiger partial charge is 0.389 e. The number of anilines is 1. The highest BCUT2D eigenvalue weighted by Crippen LogP contribution is 2.29. The van der Waals surface area contributed by atoms with Crippen molar-refractivity contribution < 1.29 is 5.11 Å². The van der Waals surface area contributed by atoms with E-state index in [1.165, 1.54) is 12.8 Å². The maximum atomic E-state index is 9.81. The molecule has 2 heterocycles. The van der Waals surface area contributed by atoms with Gasteiger partial charge in [-0.1, -0.05) is 6.07 Å². The summed E-state index contributed by atoms with van der Waals surface area (Å²) in [6.07, 6.45) is 4.12. The van der Waals surface area contributed by atoms with Gasteiger partial charge in [-0.3, -0.25) is 4.90 Å². The van der Waals surface area contributed by atoms with Gasteiger partial charge in [0.2, 0.25) is 0 Å². The summed E-state index contributed by atoms with van der Waals surface area (Å²) in [6.45, 7) is 6.10. The Morgan fingerprint density at radius 3 is 2.61 bits per heavy atom. The predicted octanol–water partition coefficient (Wildman–Crippen LogP) is 1.42. The lowest BCUT2D eigenvalue weighted by atomic mass is 10.1. The van der Waals surface area contributed by atoms with Crippen molar-refractivity contribution in [3.05, 3.63) is 23.9 Å². The number of hydrogen-bond acceptors (Lipinski definition) is 4. The summed E-state index contributed by atoms with van der Waals surface area (Å²) in [7, 11) is 0. The molecule has 1 aromatic heterocycles. The number of piperazine rings is 1. The predicted molar refractivity (Wildman–Crippen MR) is 71.7 cm³/mol. The van der Waals surface area contributed by atoms with Crippen LogP contribution in [0.4, 0.5) is 5.82 Å². The van der Waals surface area contributed by atoms with Crippen LogP contribution < -0.4 is 4.90 Å². The molecule has 0 radical (unpaired) electrons. The molecule has 4 nitrogen and oxygen atoms in total. The van der Waals surface area contributed by atoms with Gasteiger partial charge >= 0.3 is 0 Å². The maximum Gasteiger partial charge on any atom is 0.134 e. The molecule has 0 aromatic carbocycles. The number of rotatable bonds is 3. The van der Waals surface area contributed by atoms with Gasteiger partial charge in [-0.05, 0) is 25.8 Å². The van der Waals surface area contributed by atoms with Gasteiger partial charge in [-0.15, -0.1) is 0 Å². The number of aliphatic hydroxyl groups excluding tert-OH is 1. The van der Waals surface area contributed by atoms with Crippen molar-refractivity contribution in [2.75, 3.05) is 31.1 Å². The average molecular weight is 247 g/mol. The third kappa shape index (κ3) is 2.35. The first kappa shape index (κ1) is 11.9. The molecular formula is C14H21N3O.